The molecular weight excluding hydrogens is 1100 g/mol. The van der Waals surface area contributed by atoms with Gasteiger partial charge in [0.15, 0.2) is 0 Å². The van der Waals surface area contributed by atoms with Crippen LogP contribution < -0.4 is 18.9 Å². The predicted molar refractivity (Wildman–Crippen MR) is 349 cm³/mol. The molecule has 3 N–H and O–H groups in total. The number of hydrogen-bond donors (Lipinski definition) is 3. The van der Waals surface area contributed by atoms with Gasteiger partial charge in [0.25, 0.3) is 0 Å². The zero-order chi connectivity index (χ0) is 64.8. The normalized spacial score (nSPS) is 18.1. The number of rotatable bonds is 42. The van der Waals surface area contributed by atoms with Gasteiger partial charge in [-0.05, 0) is 176 Å². The molecule has 87 heavy (non-hydrogen) atoms. The zero-order valence-corrected chi connectivity index (χ0v) is 57.2. The Kier molecular flexibility index (Phi) is 31.1. The predicted octanol–water partition coefficient (Wildman–Crippen LogP) is 15.3. The van der Waals surface area contributed by atoms with E-state index in [1.165, 1.54) is 105 Å². The van der Waals surface area contributed by atoms with Gasteiger partial charge in [0.05, 0.1) is 32.7 Å². The van der Waals surface area contributed by atoms with Crippen molar-refractivity contribution in [2.24, 2.45) is 35.5 Å². The van der Waals surface area contributed by atoms with Crippen molar-refractivity contribution in [3.8, 4) is 23.0 Å². The highest BCUT2D eigenvalue weighted by Crippen LogP contribution is 2.47. The second kappa shape index (κ2) is 36.2. The summed E-state index contributed by atoms with van der Waals surface area (Å²) in [6.45, 7) is 32.6. The molecule has 494 valence electrons. The summed E-state index contributed by atoms with van der Waals surface area (Å²) in [5.74, 6) is 2.20. The maximum Gasteiger partial charge on any atom is 0.325 e. The molecule has 15 nitrogen and oxygen atoms in total. The van der Waals surface area contributed by atoms with Crippen LogP contribution in [0.2, 0.25) is 0 Å². The summed E-state index contributed by atoms with van der Waals surface area (Å²) in [7, 11) is 0. The van der Waals surface area contributed by atoms with Crippen molar-refractivity contribution in [1.82, 2.24) is 14.7 Å². The van der Waals surface area contributed by atoms with Gasteiger partial charge in [-0.2, -0.15) is 0 Å². The fourth-order valence-corrected chi connectivity index (χ4v) is 13.3. The lowest BCUT2D eigenvalue weighted by Gasteiger charge is -2.38. The van der Waals surface area contributed by atoms with Crippen LogP contribution in [0.15, 0.2) is 0 Å². The van der Waals surface area contributed by atoms with Crippen LogP contribution in [0, 0.1) is 77.0 Å². The van der Waals surface area contributed by atoms with Crippen LogP contribution in [0.3, 0.4) is 0 Å². The number of nitrogens with zero attached hydrogens (tertiary/aromatic N) is 3. The van der Waals surface area contributed by atoms with E-state index in [2.05, 4.69) is 69.2 Å². The Morgan fingerprint density at radius 3 is 1.01 bits per heavy atom. The monoisotopic (exact) mass is 1220 g/mol. The van der Waals surface area contributed by atoms with Gasteiger partial charge < -0.3 is 34.3 Å². The Morgan fingerprint density at radius 1 is 0.414 bits per heavy atom. The summed E-state index contributed by atoms with van der Waals surface area (Å²) in [4.78, 5) is 68.3. The van der Waals surface area contributed by atoms with Crippen molar-refractivity contribution in [3.63, 3.8) is 0 Å². The molecule has 0 radical (unpaired) electrons. The van der Waals surface area contributed by atoms with Crippen molar-refractivity contribution in [2.75, 3.05) is 58.9 Å². The number of carboxylic acid groups (broad SMARTS) is 3. The molecule has 0 bridgehead atoms. The second-order valence-electron chi connectivity index (χ2n) is 28.7. The van der Waals surface area contributed by atoms with Crippen molar-refractivity contribution in [1.29, 1.82) is 0 Å². The van der Waals surface area contributed by atoms with E-state index in [1.54, 1.807) is 0 Å². The Hall–Kier alpha value is -4.73. The molecule has 2 heterocycles. The lowest BCUT2D eigenvalue weighted by atomic mass is 9.83. The van der Waals surface area contributed by atoms with Crippen LogP contribution in [0.25, 0.3) is 0 Å². The molecule has 6 atom stereocenters. The van der Waals surface area contributed by atoms with Gasteiger partial charge in [0.1, 0.15) is 34.2 Å². The molecule has 0 fully saturated rings. The smallest absolute Gasteiger partial charge is 0.325 e. The van der Waals surface area contributed by atoms with E-state index in [9.17, 15) is 39.3 Å². The molecule has 2 aromatic carbocycles. The fraction of sp³-hybridized carbons (Fsp3) is 0.764. The SMILES string of the molecule is Cc1c(C)c2c(c(C)c1OC(=O)CN(CCN(CCN(CC(=O)O)CC(=O)Oc1c(C)c(C)c3c(c1C)CC[C@@](C)(CCC[C@H](C)CCC[C@H](C)CCCC(C)C)O3)CC(=O)O)CC(=O)O)CC[C@@](C)(CCC[C@H](C)CCC[C@H](C)CCCC(C)C)O2. The molecule has 0 aliphatic carbocycles. The topological polar surface area (TPSA) is 193 Å². The molecule has 4 rings (SSSR count). The lowest BCUT2D eigenvalue weighted by Crippen LogP contribution is -2.46. The summed E-state index contributed by atoms with van der Waals surface area (Å²) >= 11 is 0. The Balaban J connectivity index is 1.32. The fourth-order valence-electron chi connectivity index (χ4n) is 13.3. The minimum Gasteiger partial charge on any atom is -0.487 e. The van der Waals surface area contributed by atoms with Gasteiger partial charge in [-0.1, -0.05) is 145 Å². The number of carboxylic acids is 3. The number of benzene rings is 2. The summed E-state index contributed by atoms with van der Waals surface area (Å²) < 4.78 is 25.8. The highest BCUT2D eigenvalue weighted by Gasteiger charge is 2.37. The third-order valence-corrected chi connectivity index (χ3v) is 19.4. The molecule has 0 saturated heterocycles. The second-order valence-corrected chi connectivity index (χ2v) is 28.7. The number of carbonyl (C=O) groups excluding carboxylic acids is 2. The number of ether oxygens (including phenoxy) is 4. The number of esters is 2. The first-order valence-corrected chi connectivity index (χ1v) is 33.8. The van der Waals surface area contributed by atoms with Crippen molar-refractivity contribution >= 4 is 29.8 Å². The van der Waals surface area contributed by atoms with E-state index in [0.717, 1.165) is 131 Å². The first-order chi connectivity index (χ1) is 40.9. The van der Waals surface area contributed by atoms with Crippen LogP contribution in [-0.2, 0) is 36.8 Å². The quantitative estimate of drug-likeness (QED) is 0.0420. The highest BCUT2D eigenvalue weighted by atomic mass is 16.5. The van der Waals surface area contributed by atoms with E-state index < -0.39 is 49.5 Å². The Labute approximate surface area is 525 Å². The molecule has 2 aromatic rings. The number of hydrogen-bond acceptors (Lipinski definition) is 12. The standard InChI is InChI=1S/C72H119N3O12/c1-48(2)23-17-25-50(5)27-19-29-52(7)31-21-35-71(15)37-33-60-58(13)67(54(9)56(11)69(60)86-71)84-65(82)46-74(44-63(78)79)41-39-73(43-62(76)77)40-42-75(45-64(80)81)47-66(83)85-68-55(10)57(12)70-61(59(68)14)34-38-72(16,87-70)36-22-32-53(8)30-20-28-51(6)26-18-24-49(3)4/h48-53H,17-47H2,1-16H3,(H,76,77)(H,78,79)(H,80,81)/t50-,51-,52-,53-,71-,72-/m1/s1. The third-order valence-electron chi connectivity index (χ3n) is 19.4. The van der Waals surface area contributed by atoms with Crippen molar-refractivity contribution in [3.05, 3.63) is 44.5 Å². The maximum absolute atomic E-state index is 13.8. The van der Waals surface area contributed by atoms with Gasteiger partial charge in [-0.25, -0.2) is 0 Å². The molecule has 2 aliphatic rings. The van der Waals surface area contributed by atoms with Crippen LogP contribution in [-0.4, -0.2) is 130 Å². The molecule has 0 aromatic heterocycles. The van der Waals surface area contributed by atoms with Crippen molar-refractivity contribution < 1.29 is 58.2 Å². The molecule has 0 amide bonds. The first kappa shape index (κ1) is 74.7. The Bertz CT molecular complexity index is 2380. The maximum atomic E-state index is 13.8. The first-order valence-electron chi connectivity index (χ1n) is 33.8. The molecule has 0 saturated carbocycles. The Morgan fingerprint density at radius 2 is 0.701 bits per heavy atom. The largest absolute Gasteiger partial charge is 0.487 e. The summed E-state index contributed by atoms with van der Waals surface area (Å²) in [6, 6.07) is 0. The average Bonchev–Trinajstić information content (AvgIpc) is 1.56. The van der Waals surface area contributed by atoms with E-state index in [-0.39, 0.29) is 50.5 Å². The van der Waals surface area contributed by atoms with Gasteiger partial charge in [0, 0.05) is 37.3 Å². The van der Waals surface area contributed by atoms with Crippen LogP contribution in [0.1, 0.15) is 242 Å². The van der Waals surface area contributed by atoms with Gasteiger partial charge in [-0.3, -0.25) is 38.7 Å². The zero-order valence-electron chi connectivity index (χ0n) is 57.2. The third kappa shape index (κ3) is 25.6. The molecular formula is C72H119N3O12. The summed E-state index contributed by atoms with van der Waals surface area (Å²) in [6.07, 6.45) is 25.3. The van der Waals surface area contributed by atoms with Gasteiger partial charge >= 0.3 is 29.8 Å². The van der Waals surface area contributed by atoms with E-state index in [4.69, 9.17) is 18.9 Å². The van der Waals surface area contributed by atoms with Crippen LogP contribution in [0.5, 0.6) is 23.0 Å². The van der Waals surface area contributed by atoms with Gasteiger partial charge in [0.2, 0.25) is 0 Å². The minimum absolute atomic E-state index is 0.0174. The van der Waals surface area contributed by atoms with Gasteiger partial charge in [-0.15, -0.1) is 0 Å². The highest BCUT2D eigenvalue weighted by molar-refractivity contribution is 5.78. The summed E-state index contributed by atoms with van der Waals surface area (Å²) in [5.41, 5.74) is 6.36. The van der Waals surface area contributed by atoms with Crippen LogP contribution in [0.4, 0.5) is 0 Å². The van der Waals surface area contributed by atoms with E-state index >= 15 is 0 Å². The molecule has 0 unspecified atom stereocenters. The van der Waals surface area contributed by atoms with E-state index in [0.29, 0.717) is 23.3 Å². The van der Waals surface area contributed by atoms with Crippen molar-refractivity contribution in [2.45, 2.75) is 263 Å². The molecule has 0 spiro atoms. The summed E-state index contributed by atoms with van der Waals surface area (Å²) in [5, 5.41) is 29.8. The average molecular weight is 1220 g/mol. The van der Waals surface area contributed by atoms with E-state index in [1.807, 2.05) is 41.5 Å². The minimum atomic E-state index is -1.18. The number of carbonyl (C=O) groups is 5. The molecule has 2 aliphatic heterocycles. The van der Waals surface area contributed by atoms with Crippen LogP contribution >= 0.6 is 0 Å². The lowest BCUT2D eigenvalue weighted by molar-refractivity contribution is -0.142. The number of fused-ring (bicyclic) bond motifs is 2. The number of aliphatic carboxylic acids is 3. The molecule has 15 heteroatoms.